The highest BCUT2D eigenvalue weighted by molar-refractivity contribution is 7.07. The van der Waals surface area contributed by atoms with Crippen LogP contribution in [0, 0.1) is 6.92 Å². The summed E-state index contributed by atoms with van der Waals surface area (Å²) in [5.74, 6) is 0.138. The SMILES string of the molecule is CC1=C(C(=O)OC(C)C)C(c2ccccc2Cl)n2c(sc(=Cc3ccccc3OCc3ccc(C)cc3)c2=O)=N1. The van der Waals surface area contributed by atoms with E-state index in [2.05, 4.69) is 4.99 Å². The summed E-state index contributed by atoms with van der Waals surface area (Å²) in [4.78, 5) is 32.4. The lowest BCUT2D eigenvalue weighted by Crippen LogP contribution is -2.40. The fraction of sp³-hybridized carbons (Fsp3) is 0.219. The Morgan fingerprint density at radius 2 is 1.75 bits per heavy atom. The number of para-hydroxylation sites is 1. The normalized spacial score (nSPS) is 15.2. The molecular weight excluding hydrogens is 544 g/mol. The number of hydrogen-bond acceptors (Lipinski definition) is 6. The van der Waals surface area contributed by atoms with Crippen molar-refractivity contribution in [1.29, 1.82) is 0 Å². The molecule has 1 atom stereocenters. The van der Waals surface area contributed by atoms with E-state index in [4.69, 9.17) is 21.1 Å². The first-order valence-electron chi connectivity index (χ1n) is 13.0. The number of rotatable bonds is 7. The minimum absolute atomic E-state index is 0.274. The van der Waals surface area contributed by atoms with Gasteiger partial charge in [0.2, 0.25) is 0 Å². The van der Waals surface area contributed by atoms with Gasteiger partial charge in [-0.05, 0) is 57.0 Å². The monoisotopic (exact) mass is 572 g/mol. The fourth-order valence-electron chi connectivity index (χ4n) is 4.57. The van der Waals surface area contributed by atoms with E-state index in [1.54, 1.807) is 26.8 Å². The van der Waals surface area contributed by atoms with Crippen LogP contribution in [0.15, 0.2) is 93.9 Å². The summed E-state index contributed by atoms with van der Waals surface area (Å²) in [6, 6.07) is 22.2. The Bertz CT molecular complexity index is 1780. The first-order chi connectivity index (χ1) is 19.2. The molecule has 1 aliphatic heterocycles. The molecule has 0 amide bonds. The maximum atomic E-state index is 14.0. The molecule has 204 valence electrons. The molecule has 0 saturated heterocycles. The number of aryl methyl sites for hydroxylation is 1. The molecule has 8 heteroatoms. The molecule has 1 aromatic heterocycles. The molecule has 2 heterocycles. The number of aromatic nitrogens is 1. The van der Waals surface area contributed by atoms with Crippen molar-refractivity contribution in [3.05, 3.63) is 131 Å². The molecule has 0 saturated carbocycles. The van der Waals surface area contributed by atoms with Gasteiger partial charge in [-0.3, -0.25) is 9.36 Å². The van der Waals surface area contributed by atoms with Crippen LogP contribution in [0.3, 0.4) is 0 Å². The van der Waals surface area contributed by atoms with Gasteiger partial charge in [0.05, 0.1) is 21.9 Å². The highest BCUT2D eigenvalue weighted by Gasteiger charge is 2.34. The van der Waals surface area contributed by atoms with Crippen molar-refractivity contribution in [2.75, 3.05) is 0 Å². The van der Waals surface area contributed by atoms with Crippen molar-refractivity contribution < 1.29 is 14.3 Å². The molecule has 0 N–H and O–H groups in total. The van der Waals surface area contributed by atoms with Gasteiger partial charge < -0.3 is 9.47 Å². The lowest BCUT2D eigenvalue weighted by molar-refractivity contribution is -0.143. The number of esters is 1. The summed E-state index contributed by atoms with van der Waals surface area (Å²) in [5.41, 5.74) is 4.14. The predicted molar refractivity (Wildman–Crippen MR) is 158 cm³/mol. The van der Waals surface area contributed by atoms with Crippen LogP contribution in [0.1, 0.15) is 49.1 Å². The first kappa shape index (κ1) is 27.6. The Kier molecular flexibility index (Phi) is 8.05. The number of benzene rings is 3. The topological polar surface area (TPSA) is 69.9 Å². The maximum Gasteiger partial charge on any atom is 0.338 e. The Labute approximate surface area is 241 Å². The second-order valence-corrected chi connectivity index (χ2v) is 11.3. The van der Waals surface area contributed by atoms with Gasteiger partial charge in [0.15, 0.2) is 4.80 Å². The molecule has 0 fully saturated rings. The number of hydrogen-bond donors (Lipinski definition) is 0. The summed E-state index contributed by atoms with van der Waals surface area (Å²) in [7, 11) is 0. The van der Waals surface area contributed by atoms with Gasteiger partial charge in [-0.2, -0.15) is 0 Å². The summed E-state index contributed by atoms with van der Waals surface area (Å²) in [5, 5.41) is 0.446. The molecule has 4 aromatic rings. The summed E-state index contributed by atoms with van der Waals surface area (Å²) in [6.07, 6.45) is 1.48. The number of allylic oxidation sites excluding steroid dienone is 1. The van der Waals surface area contributed by atoms with Crippen LogP contribution in [0.5, 0.6) is 5.75 Å². The summed E-state index contributed by atoms with van der Waals surface area (Å²) >= 11 is 7.87. The van der Waals surface area contributed by atoms with E-state index in [0.29, 0.717) is 43.5 Å². The van der Waals surface area contributed by atoms with Crippen molar-refractivity contribution in [3.8, 4) is 5.75 Å². The molecule has 5 rings (SSSR count). The lowest BCUT2D eigenvalue weighted by Gasteiger charge is -2.26. The maximum absolute atomic E-state index is 14.0. The first-order valence-corrected chi connectivity index (χ1v) is 14.2. The minimum atomic E-state index is -0.772. The number of thiazole rings is 1. The van der Waals surface area contributed by atoms with Gasteiger partial charge in [0.1, 0.15) is 18.4 Å². The molecular formula is C32H29ClN2O4S. The minimum Gasteiger partial charge on any atom is -0.488 e. The Hall–Kier alpha value is -3.94. The predicted octanol–water partition coefficient (Wildman–Crippen LogP) is 5.73. The third-order valence-electron chi connectivity index (χ3n) is 6.50. The van der Waals surface area contributed by atoms with Crippen molar-refractivity contribution in [3.63, 3.8) is 0 Å². The smallest absolute Gasteiger partial charge is 0.338 e. The van der Waals surface area contributed by atoms with Crippen LogP contribution >= 0.6 is 22.9 Å². The van der Waals surface area contributed by atoms with E-state index in [0.717, 1.165) is 11.1 Å². The van der Waals surface area contributed by atoms with E-state index in [9.17, 15) is 9.59 Å². The number of carbonyl (C=O) groups excluding carboxylic acids is 1. The van der Waals surface area contributed by atoms with E-state index in [1.807, 2.05) is 79.7 Å². The third-order valence-corrected chi connectivity index (χ3v) is 7.83. The van der Waals surface area contributed by atoms with Gasteiger partial charge in [-0.25, -0.2) is 9.79 Å². The van der Waals surface area contributed by atoms with Crippen LogP contribution in [0.4, 0.5) is 0 Å². The second-order valence-electron chi connectivity index (χ2n) is 9.87. The Morgan fingerprint density at radius 1 is 1.05 bits per heavy atom. The van der Waals surface area contributed by atoms with E-state index < -0.39 is 12.0 Å². The second kappa shape index (κ2) is 11.7. The Balaban J connectivity index is 1.60. The molecule has 0 bridgehead atoms. The van der Waals surface area contributed by atoms with E-state index >= 15 is 0 Å². The summed E-state index contributed by atoms with van der Waals surface area (Å²) in [6.45, 7) is 7.77. The quantitative estimate of drug-likeness (QED) is 0.265. The lowest BCUT2D eigenvalue weighted by atomic mass is 9.96. The van der Waals surface area contributed by atoms with Gasteiger partial charge in [0, 0.05) is 10.6 Å². The molecule has 1 aliphatic rings. The van der Waals surface area contributed by atoms with Crippen LogP contribution in [0.25, 0.3) is 6.08 Å². The standard InChI is InChI=1S/C32H29ClN2O4S/c1-19(2)39-31(37)28-21(4)34-32-35(29(28)24-10-6-7-11-25(24)33)30(36)27(40-32)17-23-9-5-8-12-26(23)38-18-22-15-13-20(3)14-16-22/h5-17,19,29H,18H2,1-4H3. The molecule has 0 aliphatic carbocycles. The molecule has 1 unspecified atom stereocenters. The highest BCUT2D eigenvalue weighted by Crippen LogP contribution is 2.34. The molecule has 40 heavy (non-hydrogen) atoms. The largest absolute Gasteiger partial charge is 0.488 e. The van der Waals surface area contributed by atoms with Crippen molar-refractivity contribution in [2.45, 2.75) is 46.4 Å². The van der Waals surface area contributed by atoms with Crippen LogP contribution in [-0.2, 0) is 16.1 Å². The zero-order valence-electron chi connectivity index (χ0n) is 22.7. The molecule has 6 nitrogen and oxygen atoms in total. The number of ether oxygens (including phenoxy) is 2. The zero-order valence-corrected chi connectivity index (χ0v) is 24.3. The molecule has 3 aromatic carbocycles. The highest BCUT2D eigenvalue weighted by atomic mass is 35.5. The van der Waals surface area contributed by atoms with E-state index in [1.165, 1.54) is 21.5 Å². The fourth-order valence-corrected chi connectivity index (χ4v) is 5.85. The van der Waals surface area contributed by atoms with Crippen LogP contribution < -0.4 is 19.6 Å². The van der Waals surface area contributed by atoms with Crippen LogP contribution in [-0.4, -0.2) is 16.6 Å². The van der Waals surface area contributed by atoms with Crippen molar-refractivity contribution >= 4 is 35.0 Å². The summed E-state index contributed by atoms with van der Waals surface area (Å²) < 4.78 is 13.7. The van der Waals surface area contributed by atoms with Gasteiger partial charge in [0.25, 0.3) is 5.56 Å². The average Bonchev–Trinajstić information content (AvgIpc) is 3.22. The van der Waals surface area contributed by atoms with Gasteiger partial charge in [-0.15, -0.1) is 0 Å². The van der Waals surface area contributed by atoms with Crippen molar-refractivity contribution in [1.82, 2.24) is 4.57 Å². The van der Waals surface area contributed by atoms with E-state index in [-0.39, 0.29) is 11.7 Å². The van der Waals surface area contributed by atoms with Crippen molar-refractivity contribution in [2.24, 2.45) is 4.99 Å². The Morgan fingerprint density at radius 3 is 2.48 bits per heavy atom. The number of carbonyl (C=O) groups is 1. The van der Waals surface area contributed by atoms with Gasteiger partial charge >= 0.3 is 5.97 Å². The third kappa shape index (κ3) is 5.67. The average molecular weight is 573 g/mol. The number of halogens is 1. The number of nitrogens with zero attached hydrogens (tertiary/aromatic N) is 2. The molecule has 0 spiro atoms. The van der Waals surface area contributed by atoms with Crippen LogP contribution in [0.2, 0.25) is 5.02 Å². The van der Waals surface area contributed by atoms with Gasteiger partial charge in [-0.1, -0.05) is 89.2 Å². The molecule has 0 radical (unpaired) electrons. The zero-order chi connectivity index (χ0) is 28.4. The number of fused-ring (bicyclic) bond motifs is 1.